The molecule has 2 fully saturated rings. The first kappa shape index (κ1) is 39.3. The molecule has 4 heterocycles. The Morgan fingerprint density at radius 1 is 1.04 bits per heavy atom. The molecule has 0 bridgehead atoms. The van der Waals surface area contributed by atoms with Crippen molar-refractivity contribution >= 4 is 18.1 Å². The van der Waals surface area contributed by atoms with Gasteiger partial charge >= 0.3 is 12.1 Å². The Morgan fingerprint density at radius 3 is 2.23 bits per heavy atom. The van der Waals surface area contributed by atoms with E-state index in [1.54, 1.807) is 12.4 Å². The van der Waals surface area contributed by atoms with Crippen LogP contribution < -0.4 is 19.9 Å². The lowest BCUT2D eigenvalue weighted by Crippen LogP contribution is -2.40. The largest absolute Gasteiger partial charge is 0.490 e. The van der Waals surface area contributed by atoms with Crippen molar-refractivity contribution < 1.29 is 32.0 Å². The molecule has 0 aromatic carbocycles. The van der Waals surface area contributed by atoms with Crippen LogP contribution in [0.5, 0.6) is 5.75 Å². The molecule has 2 saturated heterocycles. The minimum Gasteiger partial charge on any atom is -0.490 e. The van der Waals surface area contributed by atoms with E-state index in [4.69, 9.17) is 14.0 Å². The summed E-state index contributed by atoms with van der Waals surface area (Å²) in [5, 5.41) is 6.90. The van der Waals surface area contributed by atoms with Crippen LogP contribution in [-0.4, -0.2) is 76.8 Å². The normalized spacial score (nSPS) is 19.5. The molecular formula is C33H52F3N7O4. The molecule has 0 spiro atoms. The van der Waals surface area contributed by atoms with Crippen molar-refractivity contribution in [3.63, 3.8) is 0 Å². The van der Waals surface area contributed by atoms with Gasteiger partial charge in [0.05, 0.1) is 25.0 Å². The molecule has 2 unspecified atom stereocenters. The predicted octanol–water partition coefficient (Wildman–Crippen LogP) is 7.31. The molecule has 2 aromatic rings. The third-order valence-corrected chi connectivity index (χ3v) is 7.04. The summed E-state index contributed by atoms with van der Waals surface area (Å²) in [7, 11) is 0. The van der Waals surface area contributed by atoms with Gasteiger partial charge in [-0.3, -0.25) is 0 Å². The van der Waals surface area contributed by atoms with E-state index >= 15 is 0 Å². The number of nitrogens with zero attached hydrogens (tertiary/aromatic N) is 6. The predicted molar refractivity (Wildman–Crippen MR) is 177 cm³/mol. The molecular weight excluding hydrogens is 615 g/mol. The second-order valence-electron chi connectivity index (χ2n) is 11.7. The molecule has 264 valence electrons. The van der Waals surface area contributed by atoms with Gasteiger partial charge in [-0.25, -0.2) is 27.9 Å². The number of amides is 1. The van der Waals surface area contributed by atoms with E-state index in [0.29, 0.717) is 36.8 Å². The zero-order valence-corrected chi connectivity index (χ0v) is 29.1. The zero-order valence-electron chi connectivity index (χ0n) is 29.1. The summed E-state index contributed by atoms with van der Waals surface area (Å²) in [6, 6.07) is 0.631. The standard InChI is InChI=1S/C23H35N7O4.C6H5F3.2C2H6/c1-5-19-27-21(34-28-19)29-9-6-16(7-10-29)15-32-18-12-24-20(25-13-18)30-11-8-17(14-30)26-22(31)33-23(2,3)4;7-4-1-2-5(8)6(9)3-4;2*1-2/h12-13,16-17H,5-11,14-15H2,1-4H3,(H,26,31);1-2,4H,3H2;2*1-2H3. The Bertz CT molecular complexity index is 1260. The number of piperidine rings is 1. The number of alkyl halides is 1. The minimum atomic E-state index is -1.36. The number of carbonyl (C=O) groups is 1. The first-order valence-electron chi connectivity index (χ1n) is 16.6. The van der Waals surface area contributed by atoms with Crippen molar-refractivity contribution in [2.24, 2.45) is 5.92 Å². The Hall–Kier alpha value is -3.84. The number of nitrogens with one attached hydrogen (secondary N) is 1. The van der Waals surface area contributed by atoms with Crippen molar-refractivity contribution in [2.75, 3.05) is 42.6 Å². The summed E-state index contributed by atoms with van der Waals surface area (Å²) in [6.45, 7) is 19.4. The zero-order chi connectivity index (χ0) is 35.0. The van der Waals surface area contributed by atoms with Crippen molar-refractivity contribution in [3.8, 4) is 5.75 Å². The van der Waals surface area contributed by atoms with Gasteiger partial charge in [0.2, 0.25) is 5.95 Å². The summed E-state index contributed by atoms with van der Waals surface area (Å²) in [6.07, 6.45) is 6.64. The number of alkyl carbamates (subject to hydrolysis) is 1. The Labute approximate surface area is 277 Å². The molecule has 1 amide bonds. The molecule has 11 nitrogen and oxygen atoms in total. The Morgan fingerprint density at radius 2 is 1.68 bits per heavy atom. The lowest BCUT2D eigenvalue weighted by molar-refractivity contribution is 0.0509. The highest BCUT2D eigenvalue weighted by atomic mass is 19.2. The van der Waals surface area contributed by atoms with Crippen molar-refractivity contribution in [3.05, 3.63) is 42.0 Å². The van der Waals surface area contributed by atoms with Gasteiger partial charge in [-0.15, -0.1) is 0 Å². The first-order chi connectivity index (χ1) is 22.5. The summed E-state index contributed by atoms with van der Waals surface area (Å²) < 4.78 is 52.8. The summed E-state index contributed by atoms with van der Waals surface area (Å²) in [5.74, 6) is 0.558. The fourth-order valence-electron chi connectivity index (χ4n) is 4.72. The molecule has 0 radical (unpaired) electrons. The van der Waals surface area contributed by atoms with Crippen LogP contribution in [0.2, 0.25) is 0 Å². The molecule has 2 atom stereocenters. The molecule has 2 aromatic heterocycles. The van der Waals surface area contributed by atoms with Gasteiger partial charge in [-0.05, 0) is 58.1 Å². The fraction of sp³-hybridized carbons (Fsp3) is 0.667. The van der Waals surface area contributed by atoms with Crippen LogP contribution in [0.4, 0.5) is 29.9 Å². The molecule has 2 aliphatic heterocycles. The number of hydrogen-bond acceptors (Lipinski definition) is 10. The third-order valence-electron chi connectivity index (χ3n) is 7.04. The van der Waals surface area contributed by atoms with Crippen molar-refractivity contribution in [1.29, 1.82) is 0 Å². The van der Waals surface area contributed by atoms with Gasteiger partial charge in [0.15, 0.2) is 17.4 Å². The average Bonchev–Trinajstić information content (AvgIpc) is 3.74. The van der Waals surface area contributed by atoms with Gasteiger partial charge in [-0.1, -0.05) is 39.8 Å². The van der Waals surface area contributed by atoms with Crippen LogP contribution in [0.1, 0.15) is 86.9 Å². The fourth-order valence-corrected chi connectivity index (χ4v) is 4.72. The number of carbonyl (C=O) groups excluding carboxylic acids is 1. The van der Waals surface area contributed by atoms with Crippen LogP contribution in [0.25, 0.3) is 0 Å². The van der Waals surface area contributed by atoms with Crippen LogP contribution >= 0.6 is 0 Å². The number of hydrogen-bond donors (Lipinski definition) is 1. The van der Waals surface area contributed by atoms with Crippen LogP contribution in [0.3, 0.4) is 0 Å². The summed E-state index contributed by atoms with van der Waals surface area (Å²) in [5.41, 5.74) is -0.509. The van der Waals surface area contributed by atoms with Gasteiger partial charge in [0.25, 0.3) is 0 Å². The number of rotatable bonds is 7. The molecule has 1 aliphatic carbocycles. The van der Waals surface area contributed by atoms with Gasteiger partial charge in [0.1, 0.15) is 17.6 Å². The highest BCUT2D eigenvalue weighted by Gasteiger charge is 2.28. The summed E-state index contributed by atoms with van der Waals surface area (Å²) >= 11 is 0. The molecule has 14 heteroatoms. The van der Waals surface area contributed by atoms with Gasteiger partial charge < -0.3 is 29.1 Å². The number of ether oxygens (including phenoxy) is 2. The molecule has 0 saturated carbocycles. The summed E-state index contributed by atoms with van der Waals surface area (Å²) in [4.78, 5) is 29.5. The minimum absolute atomic E-state index is 0.0148. The lowest BCUT2D eigenvalue weighted by atomic mass is 9.98. The quantitative estimate of drug-likeness (QED) is 0.322. The van der Waals surface area contributed by atoms with Gasteiger partial charge in [0, 0.05) is 39.0 Å². The second kappa shape index (κ2) is 19.7. The van der Waals surface area contributed by atoms with E-state index in [-0.39, 0.29) is 6.04 Å². The lowest BCUT2D eigenvalue weighted by Gasteiger charge is -2.30. The topological polar surface area (TPSA) is 119 Å². The first-order valence-corrected chi connectivity index (χ1v) is 16.6. The molecule has 5 rings (SSSR count). The van der Waals surface area contributed by atoms with E-state index in [9.17, 15) is 18.0 Å². The second-order valence-corrected chi connectivity index (χ2v) is 11.7. The number of aryl methyl sites for hydroxylation is 1. The van der Waals surface area contributed by atoms with Crippen LogP contribution in [0, 0.1) is 5.92 Å². The highest BCUT2D eigenvalue weighted by Crippen LogP contribution is 2.24. The highest BCUT2D eigenvalue weighted by molar-refractivity contribution is 5.68. The maximum atomic E-state index is 12.1. The molecule has 3 aliphatic rings. The Balaban J connectivity index is 0.000000500. The maximum Gasteiger partial charge on any atom is 0.407 e. The maximum absolute atomic E-state index is 12.1. The van der Waals surface area contributed by atoms with E-state index in [2.05, 4.69) is 35.2 Å². The average molecular weight is 668 g/mol. The number of allylic oxidation sites excluding steroid dienone is 4. The van der Waals surface area contributed by atoms with Crippen molar-refractivity contribution in [1.82, 2.24) is 25.4 Å². The monoisotopic (exact) mass is 667 g/mol. The van der Waals surface area contributed by atoms with Gasteiger partial charge in [-0.2, -0.15) is 4.98 Å². The Kier molecular flexibility index (Phi) is 16.5. The van der Waals surface area contributed by atoms with E-state index < -0.39 is 35.9 Å². The number of halogens is 3. The number of anilines is 2. The van der Waals surface area contributed by atoms with E-state index in [1.807, 2.05) is 55.4 Å². The molecule has 47 heavy (non-hydrogen) atoms. The van der Waals surface area contributed by atoms with Crippen LogP contribution in [0.15, 0.2) is 40.7 Å². The smallest absolute Gasteiger partial charge is 0.407 e. The third kappa shape index (κ3) is 13.4. The van der Waals surface area contributed by atoms with Crippen LogP contribution in [-0.2, 0) is 11.2 Å². The van der Waals surface area contributed by atoms with E-state index in [1.165, 1.54) is 0 Å². The van der Waals surface area contributed by atoms with E-state index in [0.717, 1.165) is 63.3 Å². The number of aromatic nitrogens is 4. The van der Waals surface area contributed by atoms with Crippen molar-refractivity contribution in [2.45, 2.75) is 105 Å². The SMILES string of the molecule is CC.CC.CCc1noc(N2CCC(COc3cnc(N4CCC(NC(=O)OC(C)(C)C)C4)nc3)CC2)n1.FC1=C(F)CC(F)C=C1. The molecule has 1 N–H and O–H groups in total.